The molecule has 2 aliphatic heterocycles. The van der Waals surface area contributed by atoms with Crippen LogP contribution in [0.25, 0.3) is 17.3 Å². The number of aliphatic imine (C=N–C) groups is 1. The molecular formula is C15H14N6. The molecule has 2 aromatic rings. The number of pyridine rings is 1. The van der Waals surface area contributed by atoms with Gasteiger partial charge in [-0.25, -0.2) is 4.98 Å². The molecule has 4 heterocycles. The monoisotopic (exact) mass is 278 g/mol. The fraction of sp³-hybridized carbons (Fsp3) is 0.200. The minimum absolute atomic E-state index is 0.272. The highest BCUT2D eigenvalue weighted by atomic mass is 15.3. The molecule has 0 aromatic carbocycles. The quantitative estimate of drug-likeness (QED) is 0.858. The molecule has 6 nitrogen and oxygen atoms in total. The van der Waals surface area contributed by atoms with E-state index >= 15 is 0 Å². The number of amidine groups is 1. The molecule has 0 spiro atoms. The number of nitrogens with zero attached hydrogens (tertiary/aromatic N) is 5. The van der Waals surface area contributed by atoms with E-state index in [9.17, 15) is 0 Å². The van der Waals surface area contributed by atoms with Crippen LogP contribution in [0.2, 0.25) is 0 Å². The van der Waals surface area contributed by atoms with E-state index in [2.05, 4.69) is 24.8 Å². The summed E-state index contributed by atoms with van der Waals surface area (Å²) >= 11 is 0. The van der Waals surface area contributed by atoms with E-state index in [4.69, 9.17) is 5.73 Å². The Kier molecular flexibility index (Phi) is 2.50. The first-order chi connectivity index (χ1) is 10.2. The number of aromatic nitrogens is 3. The number of rotatable bonds is 1. The predicted molar refractivity (Wildman–Crippen MR) is 83.1 cm³/mol. The molecule has 0 saturated heterocycles. The Labute approximate surface area is 122 Å². The van der Waals surface area contributed by atoms with Gasteiger partial charge in [0.2, 0.25) is 5.95 Å². The van der Waals surface area contributed by atoms with Gasteiger partial charge < -0.3 is 10.6 Å². The second-order valence-corrected chi connectivity index (χ2v) is 5.08. The largest absolute Gasteiger partial charge is 0.368 e. The summed E-state index contributed by atoms with van der Waals surface area (Å²) in [6.07, 6.45) is 7.61. The molecule has 0 bridgehead atoms. The first kappa shape index (κ1) is 12.0. The molecule has 104 valence electrons. The molecule has 2 aromatic heterocycles. The number of nitrogens with two attached hydrogens (primary N) is 1. The van der Waals surface area contributed by atoms with Crippen molar-refractivity contribution in [1.29, 1.82) is 0 Å². The van der Waals surface area contributed by atoms with Crippen molar-refractivity contribution in [3.8, 4) is 11.3 Å². The van der Waals surface area contributed by atoms with Gasteiger partial charge in [0.1, 0.15) is 11.7 Å². The number of anilines is 2. The highest BCUT2D eigenvalue weighted by molar-refractivity contribution is 6.13. The van der Waals surface area contributed by atoms with Crippen molar-refractivity contribution in [3.63, 3.8) is 0 Å². The SMILES string of the molecule is Cc1ccncc1-c1nc(N)nc2c1C=CC1=NCCN12. The van der Waals surface area contributed by atoms with Crippen molar-refractivity contribution in [1.82, 2.24) is 15.0 Å². The molecular weight excluding hydrogens is 264 g/mol. The van der Waals surface area contributed by atoms with E-state index in [0.29, 0.717) is 0 Å². The highest BCUT2D eigenvalue weighted by Gasteiger charge is 2.27. The first-order valence-corrected chi connectivity index (χ1v) is 6.82. The van der Waals surface area contributed by atoms with Crippen LogP contribution in [0.1, 0.15) is 11.1 Å². The Morgan fingerprint density at radius 1 is 1.24 bits per heavy atom. The average Bonchev–Trinajstić information content (AvgIpc) is 2.96. The first-order valence-electron chi connectivity index (χ1n) is 6.82. The Morgan fingerprint density at radius 3 is 3.00 bits per heavy atom. The molecule has 2 N–H and O–H groups in total. The number of hydrogen-bond acceptors (Lipinski definition) is 6. The van der Waals surface area contributed by atoms with Crippen LogP contribution in [0.3, 0.4) is 0 Å². The van der Waals surface area contributed by atoms with Gasteiger partial charge in [-0.15, -0.1) is 0 Å². The minimum atomic E-state index is 0.272. The molecule has 0 radical (unpaired) electrons. The number of fused-ring (bicyclic) bond motifs is 3. The molecule has 0 saturated carbocycles. The van der Waals surface area contributed by atoms with Gasteiger partial charge in [-0.1, -0.05) is 0 Å². The predicted octanol–water partition coefficient (Wildman–Crippen LogP) is 1.67. The Bertz CT molecular complexity index is 793. The Hall–Kier alpha value is -2.76. The van der Waals surface area contributed by atoms with Crippen molar-refractivity contribution >= 4 is 23.7 Å². The third-order valence-corrected chi connectivity index (χ3v) is 3.77. The summed E-state index contributed by atoms with van der Waals surface area (Å²) in [5.74, 6) is 2.04. The number of aryl methyl sites for hydroxylation is 1. The zero-order chi connectivity index (χ0) is 14.4. The van der Waals surface area contributed by atoms with Crippen LogP contribution in [-0.4, -0.2) is 33.9 Å². The van der Waals surface area contributed by atoms with Crippen LogP contribution in [-0.2, 0) is 0 Å². The second-order valence-electron chi connectivity index (χ2n) is 5.08. The molecule has 21 heavy (non-hydrogen) atoms. The summed E-state index contributed by atoms with van der Waals surface area (Å²) in [5, 5.41) is 0. The van der Waals surface area contributed by atoms with Gasteiger partial charge in [0.05, 0.1) is 12.2 Å². The van der Waals surface area contributed by atoms with Crippen molar-refractivity contribution in [2.45, 2.75) is 6.92 Å². The fourth-order valence-corrected chi connectivity index (χ4v) is 2.73. The van der Waals surface area contributed by atoms with Crippen molar-refractivity contribution in [2.75, 3.05) is 23.7 Å². The van der Waals surface area contributed by atoms with Crippen molar-refractivity contribution in [3.05, 3.63) is 35.7 Å². The third-order valence-electron chi connectivity index (χ3n) is 3.77. The van der Waals surface area contributed by atoms with Crippen LogP contribution in [0, 0.1) is 6.92 Å². The molecule has 0 atom stereocenters. The minimum Gasteiger partial charge on any atom is -0.368 e. The van der Waals surface area contributed by atoms with Crippen molar-refractivity contribution < 1.29 is 0 Å². The summed E-state index contributed by atoms with van der Waals surface area (Å²) in [4.78, 5) is 19.6. The maximum atomic E-state index is 5.92. The highest BCUT2D eigenvalue weighted by Crippen LogP contribution is 2.35. The lowest BCUT2D eigenvalue weighted by Gasteiger charge is -2.24. The van der Waals surface area contributed by atoms with Crippen LogP contribution in [0.4, 0.5) is 11.8 Å². The van der Waals surface area contributed by atoms with E-state index in [-0.39, 0.29) is 5.95 Å². The number of nitrogen functional groups attached to an aromatic ring is 1. The van der Waals surface area contributed by atoms with Crippen LogP contribution < -0.4 is 10.6 Å². The van der Waals surface area contributed by atoms with Gasteiger partial charge >= 0.3 is 0 Å². The number of hydrogen-bond donors (Lipinski definition) is 1. The van der Waals surface area contributed by atoms with E-state index in [1.807, 2.05) is 31.3 Å². The lowest BCUT2D eigenvalue weighted by molar-refractivity contribution is 0.989. The lowest BCUT2D eigenvalue weighted by atomic mass is 10.0. The average molecular weight is 278 g/mol. The molecule has 4 rings (SSSR count). The third kappa shape index (κ3) is 1.79. The standard InChI is InChI=1S/C15H14N6/c1-9-4-5-17-8-11(9)13-10-2-3-12-18-6-7-21(12)14(10)20-15(16)19-13/h2-5,8H,6-7H2,1H3,(H2,16,19,20). The maximum absolute atomic E-state index is 5.92. The molecule has 0 fully saturated rings. The zero-order valence-electron chi connectivity index (χ0n) is 11.6. The Morgan fingerprint density at radius 2 is 2.14 bits per heavy atom. The van der Waals surface area contributed by atoms with Gasteiger partial charge in [0, 0.05) is 30.1 Å². The van der Waals surface area contributed by atoms with Gasteiger partial charge in [0.15, 0.2) is 0 Å². The van der Waals surface area contributed by atoms with E-state index in [0.717, 1.165) is 47.1 Å². The molecule has 0 unspecified atom stereocenters. The maximum Gasteiger partial charge on any atom is 0.222 e. The van der Waals surface area contributed by atoms with Crippen LogP contribution in [0.5, 0.6) is 0 Å². The van der Waals surface area contributed by atoms with E-state index in [1.54, 1.807) is 6.20 Å². The van der Waals surface area contributed by atoms with Crippen LogP contribution in [0.15, 0.2) is 29.5 Å². The molecule has 2 aliphatic rings. The van der Waals surface area contributed by atoms with E-state index in [1.165, 1.54) is 0 Å². The smallest absolute Gasteiger partial charge is 0.222 e. The second kappa shape index (κ2) is 4.37. The normalized spacial score (nSPS) is 15.7. The summed E-state index contributed by atoms with van der Waals surface area (Å²) in [5.41, 5.74) is 9.81. The lowest BCUT2D eigenvalue weighted by Crippen LogP contribution is -2.30. The molecule has 0 aliphatic carbocycles. The van der Waals surface area contributed by atoms with Gasteiger partial charge in [0.25, 0.3) is 0 Å². The van der Waals surface area contributed by atoms with Gasteiger partial charge in [-0.3, -0.25) is 9.98 Å². The fourth-order valence-electron chi connectivity index (χ4n) is 2.73. The topological polar surface area (TPSA) is 80.3 Å². The van der Waals surface area contributed by atoms with E-state index < -0.39 is 0 Å². The Balaban J connectivity index is 1.98. The summed E-state index contributed by atoms with van der Waals surface area (Å²) < 4.78 is 0. The molecule has 0 amide bonds. The zero-order valence-corrected chi connectivity index (χ0v) is 11.6. The summed E-state index contributed by atoms with van der Waals surface area (Å²) in [7, 11) is 0. The van der Waals surface area contributed by atoms with Gasteiger partial charge in [-0.2, -0.15) is 4.98 Å². The summed E-state index contributed by atoms with van der Waals surface area (Å²) in [6, 6.07) is 1.97. The van der Waals surface area contributed by atoms with Crippen molar-refractivity contribution in [2.24, 2.45) is 4.99 Å². The van der Waals surface area contributed by atoms with Crippen LogP contribution >= 0.6 is 0 Å². The molecule has 6 heteroatoms. The summed E-state index contributed by atoms with van der Waals surface area (Å²) in [6.45, 7) is 3.65. The van der Waals surface area contributed by atoms with Gasteiger partial charge in [-0.05, 0) is 30.7 Å².